The number of fused-ring (bicyclic) bond motifs is 1. The first-order valence-electron chi connectivity index (χ1n) is 11.3. The lowest BCUT2D eigenvalue weighted by atomic mass is 10.0. The molecular weight excluding hydrogens is 390 g/mol. The first kappa shape index (κ1) is 23.1. The van der Waals surface area contributed by atoms with Crippen LogP contribution in [0.5, 0.6) is 5.75 Å². The molecule has 0 unspecified atom stereocenters. The average molecular weight is 426 g/mol. The highest BCUT2D eigenvalue weighted by molar-refractivity contribution is 5.94. The van der Waals surface area contributed by atoms with Crippen LogP contribution in [-0.2, 0) is 11.2 Å². The Morgan fingerprint density at radius 3 is 2.45 bits per heavy atom. The molecule has 31 heavy (non-hydrogen) atoms. The Balaban J connectivity index is 0.00000132. The summed E-state index contributed by atoms with van der Waals surface area (Å²) in [6, 6.07) is 14.3. The molecule has 2 heterocycles. The van der Waals surface area contributed by atoms with Crippen molar-refractivity contribution in [2.75, 3.05) is 49.5 Å². The van der Waals surface area contributed by atoms with Gasteiger partial charge in [-0.25, -0.2) is 0 Å². The fourth-order valence-corrected chi connectivity index (χ4v) is 3.94. The summed E-state index contributed by atoms with van der Waals surface area (Å²) in [5.74, 6) is 0.798. The van der Waals surface area contributed by atoms with Crippen molar-refractivity contribution in [3.05, 3.63) is 53.6 Å². The van der Waals surface area contributed by atoms with E-state index in [-0.39, 0.29) is 12.5 Å². The zero-order valence-electron chi connectivity index (χ0n) is 18.9. The number of piperazine rings is 1. The van der Waals surface area contributed by atoms with Crippen LogP contribution in [0.3, 0.4) is 0 Å². The minimum absolute atomic E-state index is 0.0593. The van der Waals surface area contributed by atoms with E-state index in [2.05, 4.69) is 46.3 Å². The highest BCUT2D eigenvalue weighted by atomic mass is 16.5. The zero-order valence-corrected chi connectivity index (χ0v) is 18.9. The molecule has 1 atom stereocenters. The van der Waals surface area contributed by atoms with Gasteiger partial charge in [-0.3, -0.25) is 9.69 Å². The molecule has 2 aromatic rings. The van der Waals surface area contributed by atoms with Crippen LogP contribution in [0.1, 0.15) is 31.4 Å². The number of aryl methyl sites for hydroxylation is 2. The van der Waals surface area contributed by atoms with Crippen LogP contribution in [0.2, 0.25) is 0 Å². The molecule has 0 aliphatic carbocycles. The SMILES string of the molecule is CC.Cc1ccc(N2CCN(C[C@H](O)COc3ccc4c(c3)CCC(=O)N4)CC2)cc1. The molecule has 0 radical (unpaired) electrons. The number of ether oxygens (including phenoxy) is 1. The van der Waals surface area contributed by atoms with Crippen molar-refractivity contribution < 1.29 is 14.6 Å². The van der Waals surface area contributed by atoms with E-state index >= 15 is 0 Å². The summed E-state index contributed by atoms with van der Waals surface area (Å²) in [7, 11) is 0. The van der Waals surface area contributed by atoms with Crippen molar-refractivity contribution >= 4 is 17.3 Å². The third-order valence-corrected chi connectivity index (χ3v) is 5.65. The molecule has 2 aliphatic rings. The number of hydrogen-bond donors (Lipinski definition) is 2. The van der Waals surface area contributed by atoms with Crippen LogP contribution in [0.15, 0.2) is 42.5 Å². The van der Waals surface area contributed by atoms with Gasteiger partial charge in [0.25, 0.3) is 0 Å². The van der Waals surface area contributed by atoms with Crippen LogP contribution in [0.25, 0.3) is 0 Å². The van der Waals surface area contributed by atoms with Crippen LogP contribution in [0.4, 0.5) is 11.4 Å². The molecular formula is C25H35N3O3. The molecule has 1 saturated heterocycles. The van der Waals surface area contributed by atoms with E-state index in [1.807, 2.05) is 32.0 Å². The minimum Gasteiger partial charge on any atom is -0.491 e. The molecule has 6 heteroatoms. The lowest BCUT2D eigenvalue weighted by Crippen LogP contribution is -2.49. The molecule has 168 valence electrons. The number of hydrogen-bond acceptors (Lipinski definition) is 5. The van der Waals surface area contributed by atoms with Crippen LogP contribution in [0, 0.1) is 6.92 Å². The van der Waals surface area contributed by atoms with Crippen molar-refractivity contribution in [3.63, 3.8) is 0 Å². The van der Waals surface area contributed by atoms with E-state index in [0.29, 0.717) is 13.0 Å². The quantitative estimate of drug-likeness (QED) is 0.742. The Labute approximate surface area is 185 Å². The summed E-state index contributed by atoms with van der Waals surface area (Å²) < 4.78 is 5.80. The summed E-state index contributed by atoms with van der Waals surface area (Å²) in [4.78, 5) is 16.1. The first-order chi connectivity index (χ1) is 15.1. The Morgan fingerprint density at radius 2 is 1.74 bits per heavy atom. The van der Waals surface area contributed by atoms with Gasteiger partial charge in [-0.2, -0.15) is 0 Å². The molecule has 2 aliphatic heterocycles. The number of β-amino-alcohol motifs (C(OH)–C–C–N with tert-alkyl or cyclic N) is 1. The number of carbonyl (C=O) groups excluding carboxylic acids is 1. The molecule has 2 aromatic carbocycles. The summed E-state index contributed by atoms with van der Waals surface area (Å²) in [5, 5.41) is 13.3. The predicted octanol–water partition coefficient (Wildman–Crippen LogP) is 3.47. The monoisotopic (exact) mass is 425 g/mol. The number of rotatable bonds is 6. The van der Waals surface area contributed by atoms with Crippen LogP contribution >= 0.6 is 0 Å². The standard InChI is InChI=1S/C23H29N3O3.C2H6/c1-17-2-5-19(6-3-17)26-12-10-25(11-13-26)15-20(27)16-29-21-7-8-22-18(14-21)4-9-23(28)24-22;1-2/h2-3,5-8,14,20,27H,4,9-13,15-16H2,1H3,(H,24,28);1-2H3/t20-;/m0./s1. The van der Waals surface area contributed by atoms with E-state index < -0.39 is 6.10 Å². The van der Waals surface area contributed by atoms with E-state index in [0.717, 1.165) is 49.6 Å². The zero-order chi connectivity index (χ0) is 22.2. The molecule has 2 N–H and O–H groups in total. The van der Waals surface area contributed by atoms with E-state index in [9.17, 15) is 9.90 Å². The Kier molecular flexibility index (Phi) is 8.32. The minimum atomic E-state index is -0.531. The fourth-order valence-electron chi connectivity index (χ4n) is 3.94. The lowest BCUT2D eigenvalue weighted by Gasteiger charge is -2.36. The van der Waals surface area contributed by atoms with E-state index in [4.69, 9.17) is 4.74 Å². The number of anilines is 2. The summed E-state index contributed by atoms with van der Waals surface area (Å²) in [6.45, 7) is 10.8. The predicted molar refractivity (Wildman–Crippen MR) is 126 cm³/mol. The second-order valence-corrected chi connectivity index (χ2v) is 7.96. The van der Waals surface area contributed by atoms with E-state index in [1.54, 1.807) is 0 Å². The van der Waals surface area contributed by atoms with Gasteiger partial charge in [0.05, 0.1) is 0 Å². The van der Waals surface area contributed by atoms with Gasteiger partial charge in [-0.1, -0.05) is 31.5 Å². The smallest absolute Gasteiger partial charge is 0.224 e. The summed E-state index contributed by atoms with van der Waals surface area (Å²) >= 11 is 0. The Morgan fingerprint density at radius 1 is 1.03 bits per heavy atom. The van der Waals surface area contributed by atoms with Crippen molar-refractivity contribution in [2.24, 2.45) is 0 Å². The highest BCUT2D eigenvalue weighted by Gasteiger charge is 2.20. The Bertz CT molecular complexity index is 846. The third kappa shape index (κ3) is 6.45. The second-order valence-electron chi connectivity index (χ2n) is 7.96. The van der Waals surface area contributed by atoms with Gasteiger partial charge >= 0.3 is 0 Å². The van der Waals surface area contributed by atoms with Crippen LogP contribution in [-0.4, -0.2) is 61.3 Å². The van der Waals surface area contributed by atoms with Gasteiger partial charge in [0.2, 0.25) is 5.91 Å². The van der Waals surface area contributed by atoms with Gasteiger partial charge < -0.3 is 20.1 Å². The molecule has 4 rings (SSSR count). The van der Waals surface area contributed by atoms with Crippen molar-refractivity contribution in [2.45, 2.75) is 39.7 Å². The van der Waals surface area contributed by atoms with Gasteiger partial charge in [0, 0.05) is 50.5 Å². The molecule has 0 saturated carbocycles. The van der Waals surface area contributed by atoms with Crippen molar-refractivity contribution in [3.8, 4) is 5.75 Å². The third-order valence-electron chi connectivity index (χ3n) is 5.65. The van der Waals surface area contributed by atoms with Crippen LogP contribution < -0.4 is 15.0 Å². The molecule has 0 spiro atoms. The maximum atomic E-state index is 11.4. The lowest BCUT2D eigenvalue weighted by molar-refractivity contribution is -0.116. The topological polar surface area (TPSA) is 65.0 Å². The molecule has 6 nitrogen and oxygen atoms in total. The number of nitrogens with one attached hydrogen (secondary N) is 1. The second kappa shape index (κ2) is 11.2. The van der Waals surface area contributed by atoms with Gasteiger partial charge in [0.1, 0.15) is 18.5 Å². The summed E-state index contributed by atoms with van der Waals surface area (Å²) in [5.41, 5.74) is 4.49. The number of aliphatic hydroxyl groups is 1. The number of benzene rings is 2. The largest absolute Gasteiger partial charge is 0.491 e. The first-order valence-corrected chi connectivity index (χ1v) is 11.3. The molecule has 1 fully saturated rings. The number of amides is 1. The van der Waals surface area contributed by atoms with Gasteiger partial charge in [-0.15, -0.1) is 0 Å². The van der Waals surface area contributed by atoms with Crippen molar-refractivity contribution in [1.82, 2.24) is 4.90 Å². The fraction of sp³-hybridized carbons (Fsp3) is 0.480. The number of nitrogens with zero attached hydrogens (tertiary/aromatic N) is 2. The normalized spacial score (nSPS) is 17.2. The summed E-state index contributed by atoms with van der Waals surface area (Å²) in [6.07, 6.45) is 0.705. The number of carbonyl (C=O) groups is 1. The molecule has 1 amide bonds. The highest BCUT2D eigenvalue weighted by Crippen LogP contribution is 2.27. The van der Waals surface area contributed by atoms with Gasteiger partial charge in [0.15, 0.2) is 0 Å². The van der Waals surface area contributed by atoms with E-state index in [1.165, 1.54) is 11.3 Å². The number of aliphatic hydroxyl groups excluding tert-OH is 1. The Hall–Kier alpha value is -2.57. The van der Waals surface area contributed by atoms with Gasteiger partial charge in [-0.05, 0) is 49.2 Å². The average Bonchev–Trinajstić information content (AvgIpc) is 2.80. The maximum Gasteiger partial charge on any atom is 0.224 e. The molecule has 0 bridgehead atoms. The van der Waals surface area contributed by atoms with Crippen molar-refractivity contribution in [1.29, 1.82) is 0 Å². The molecule has 0 aromatic heterocycles. The maximum absolute atomic E-state index is 11.4.